The van der Waals surface area contributed by atoms with Gasteiger partial charge in [-0.25, -0.2) is 4.79 Å². The van der Waals surface area contributed by atoms with E-state index >= 15 is 0 Å². The Bertz CT molecular complexity index is 749. The summed E-state index contributed by atoms with van der Waals surface area (Å²) in [7, 11) is 0. The van der Waals surface area contributed by atoms with E-state index in [1.165, 1.54) is 6.92 Å². The minimum absolute atomic E-state index is 0.104. The van der Waals surface area contributed by atoms with Gasteiger partial charge in [-0.15, -0.1) is 0 Å². The standard InChI is InChI=1S/C20H22N2O5/c1-15(22-20(25)27-14-17-10-6-3-7-11-17)19(24)21-12-18(23)26-13-16-8-4-2-5-9-16/h2-11,15H,12-14H2,1H3,(H,21,24)(H,22,25)/t15-/m1/s1. The molecule has 0 saturated heterocycles. The van der Waals surface area contributed by atoms with E-state index in [1.807, 2.05) is 60.7 Å². The highest BCUT2D eigenvalue weighted by molar-refractivity contribution is 5.87. The molecule has 2 aromatic rings. The highest BCUT2D eigenvalue weighted by atomic mass is 16.5. The molecular weight excluding hydrogens is 348 g/mol. The minimum atomic E-state index is -0.852. The molecule has 0 aromatic heterocycles. The van der Waals surface area contributed by atoms with Gasteiger partial charge in [0.15, 0.2) is 0 Å². The van der Waals surface area contributed by atoms with Crippen LogP contribution in [0, 0.1) is 0 Å². The molecule has 0 aliphatic carbocycles. The number of carbonyl (C=O) groups excluding carboxylic acids is 3. The maximum Gasteiger partial charge on any atom is 0.408 e. The number of benzene rings is 2. The van der Waals surface area contributed by atoms with Crippen LogP contribution in [0.25, 0.3) is 0 Å². The molecule has 0 aliphatic heterocycles. The van der Waals surface area contributed by atoms with Crippen molar-refractivity contribution in [3.05, 3.63) is 71.8 Å². The highest BCUT2D eigenvalue weighted by Gasteiger charge is 2.17. The Morgan fingerprint density at radius 3 is 1.93 bits per heavy atom. The molecule has 0 unspecified atom stereocenters. The van der Waals surface area contributed by atoms with Crippen LogP contribution in [0.3, 0.4) is 0 Å². The van der Waals surface area contributed by atoms with Crippen molar-refractivity contribution in [2.24, 2.45) is 0 Å². The summed E-state index contributed by atoms with van der Waals surface area (Å²) in [6, 6.07) is 17.5. The second kappa shape index (κ2) is 10.6. The number of hydrogen-bond donors (Lipinski definition) is 2. The predicted octanol–water partition coefficient (Wildman–Crippen LogP) is 2.16. The average Bonchev–Trinajstić information content (AvgIpc) is 2.70. The molecule has 1 atom stereocenters. The fourth-order valence-electron chi connectivity index (χ4n) is 2.11. The van der Waals surface area contributed by atoms with Gasteiger partial charge in [0.2, 0.25) is 5.91 Å². The molecular formula is C20H22N2O5. The van der Waals surface area contributed by atoms with Crippen LogP contribution < -0.4 is 10.6 Å². The smallest absolute Gasteiger partial charge is 0.408 e. The lowest BCUT2D eigenvalue weighted by molar-refractivity contribution is -0.145. The van der Waals surface area contributed by atoms with Crippen LogP contribution in [0.4, 0.5) is 4.79 Å². The minimum Gasteiger partial charge on any atom is -0.460 e. The predicted molar refractivity (Wildman–Crippen MR) is 98.5 cm³/mol. The van der Waals surface area contributed by atoms with Crippen LogP contribution in [0.5, 0.6) is 0 Å². The van der Waals surface area contributed by atoms with E-state index in [2.05, 4.69) is 10.6 Å². The Labute approximate surface area is 157 Å². The van der Waals surface area contributed by atoms with Gasteiger partial charge in [-0.2, -0.15) is 0 Å². The summed E-state index contributed by atoms with van der Waals surface area (Å²) in [6.07, 6.45) is -0.715. The lowest BCUT2D eigenvalue weighted by Gasteiger charge is -2.14. The summed E-state index contributed by atoms with van der Waals surface area (Å²) in [5.41, 5.74) is 1.69. The average molecular weight is 370 g/mol. The van der Waals surface area contributed by atoms with E-state index in [0.717, 1.165) is 11.1 Å². The zero-order valence-electron chi connectivity index (χ0n) is 15.0. The molecule has 2 N–H and O–H groups in total. The normalized spacial score (nSPS) is 11.1. The molecule has 0 aliphatic rings. The fourth-order valence-corrected chi connectivity index (χ4v) is 2.11. The number of ether oxygens (including phenoxy) is 2. The van der Waals surface area contributed by atoms with Gasteiger partial charge in [0.1, 0.15) is 25.8 Å². The molecule has 0 fully saturated rings. The lowest BCUT2D eigenvalue weighted by Crippen LogP contribution is -2.46. The van der Waals surface area contributed by atoms with Crippen molar-refractivity contribution < 1.29 is 23.9 Å². The molecule has 7 heteroatoms. The zero-order chi connectivity index (χ0) is 19.5. The monoisotopic (exact) mass is 370 g/mol. The first-order valence-electron chi connectivity index (χ1n) is 8.49. The summed E-state index contributed by atoms with van der Waals surface area (Å²) in [5.74, 6) is -1.07. The number of rotatable bonds is 8. The zero-order valence-corrected chi connectivity index (χ0v) is 15.0. The summed E-state index contributed by atoms with van der Waals surface area (Å²) in [6.45, 7) is 1.45. The van der Waals surface area contributed by atoms with E-state index in [0.29, 0.717) is 0 Å². The Morgan fingerprint density at radius 2 is 1.37 bits per heavy atom. The number of hydrogen-bond acceptors (Lipinski definition) is 5. The van der Waals surface area contributed by atoms with Gasteiger partial charge < -0.3 is 20.1 Å². The molecule has 0 bridgehead atoms. The van der Waals surface area contributed by atoms with Crippen molar-refractivity contribution in [1.82, 2.24) is 10.6 Å². The van der Waals surface area contributed by atoms with Crippen molar-refractivity contribution in [2.75, 3.05) is 6.54 Å². The third kappa shape index (κ3) is 7.60. The largest absolute Gasteiger partial charge is 0.460 e. The van der Waals surface area contributed by atoms with E-state index < -0.39 is 24.0 Å². The Kier molecular flexibility index (Phi) is 7.84. The van der Waals surface area contributed by atoms with Crippen molar-refractivity contribution in [1.29, 1.82) is 0 Å². The first kappa shape index (κ1) is 20.0. The first-order valence-corrected chi connectivity index (χ1v) is 8.49. The Morgan fingerprint density at radius 1 is 0.852 bits per heavy atom. The van der Waals surface area contributed by atoms with Gasteiger partial charge in [0, 0.05) is 0 Å². The van der Waals surface area contributed by atoms with Crippen LogP contribution in [-0.4, -0.2) is 30.6 Å². The summed E-state index contributed by atoms with van der Waals surface area (Å²) in [5, 5.41) is 4.82. The van der Waals surface area contributed by atoms with Gasteiger partial charge in [0.25, 0.3) is 0 Å². The van der Waals surface area contributed by atoms with Crippen molar-refractivity contribution in [3.63, 3.8) is 0 Å². The summed E-state index contributed by atoms with van der Waals surface area (Å²) < 4.78 is 10.1. The van der Waals surface area contributed by atoms with Crippen LogP contribution in [0.15, 0.2) is 60.7 Å². The number of esters is 1. The first-order chi connectivity index (χ1) is 13.0. The molecule has 142 valence electrons. The Balaban J connectivity index is 1.64. The van der Waals surface area contributed by atoms with Crippen molar-refractivity contribution in [3.8, 4) is 0 Å². The summed E-state index contributed by atoms with van der Waals surface area (Å²) in [4.78, 5) is 35.3. The maximum absolute atomic E-state index is 11.9. The van der Waals surface area contributed by atoms with E-state index in [4.69, 9.17) is 9.47 Å². The number of nitrogens with one attached hydrogen (secondary N) is 2. The topological polar surface area (TPSA) is 93.7 Å². The fraction of sp³-hybridized carbons (Fsp3) is 0.250. The molecule has 2 aromatic carbocycles. The second-order valence-corrected chi connectivity index (χ2v) is 5.79. The molecule has 0 spiro atoms. The molecule has 0 radical (unpaired) electrons. The van der Waals surface area contributed by atoms with Crippen LogP contribution in [0.2, 0.25) is 0 Å². The third-order valence-corrected chi connectivity index (χ3v) is 3.59. The van der Waals surface area contributed by atoms with E-state index in [9.17, 15) is 14.4 Å². The van der Waals surface area contributed by atoms with Gasteiger partial charge in [-0.1, -0.05) is 60.7 Å². The molecule has 7 nitrogen and oxygen atoms in total. The van der Waals surface area contributed by atoms with Gasteiger partial charge in [-0.05, 0) is 18.1 Å². The number of carbonyl (C=O) groups is 3. The van der Waals surface area contributed by atoms with Gasteiger partial charge in [0.05, 0.1) is 0 Å². The van der Waals surface area contributed by atoms with Crippen LogP contribution in [0.1, 0.15) is 18.1 Å². The van der Waals surface area contributed by atoms with Crippen LogP contribution in [-0.2, 0) is 32.3 Å². The second-order valence-electron chi connectivity index (χ2n) is 5.79. The Hall–Kier alpha value is -3.35. The number of alkyl carbamates (subject to hydrolysis) is 1. The van der Waals surface area contributed by atoms with Crippen molar-refractivity contribution in [2.45, 2.75) is 26.2 Å². The van der Waals surface area contributed by atoms with Gasteiger partial charge >= 0.3 is 12.1 Å². The lowest BCUT2D eigenvalue weighted by atomic mass is 10.2. The third-order valence-electron chi connectivity index (χ3n) is 3.59. The highest BCUT2D eigenvalue weighted by Crippen LogP contribution is 2.01. The van der Waals surface area contributed by atoms with Gasteiger partial charge in [-0.3, -0.25) is 9.59 Å². The van der Waals surface area contributed by atoms with Crippen molar-refractivity contribution >= 4 is 18.0 Å². The molecule has 2 amide bonds. The molecule has 0 heterocycles. The van der Waals surface area contributed by atoms with E-state index in [1.54, 1.807) is 0 Å². The molecule has 27 heavy (non-hydrogen) atoms. The SMILES string of the molecule is C[C@@H](NC(=O)OCc1ccccc1)C(=O)NCC(=O)OCc1ccccc1. The molecule has 0 saturated carbocycles. The quantitative estimate of drug-likeness (QED) is 0.695. The molecule has 2 rings (SSSR count). The summed E-state index contributed by atoms with van der Waals surface area (Å²) >= 11 is 0. The number of amides is 2. The van der Waals surface area contributed by atoms with E-state index in [-0.39, 0.29) is 19.8 Å². The van der Waals surface area contributed by atoms with Crippen LogP contribution >= 0.6 is 0 Å². The maximum atomic E-state index is 11.9.